The number of urea groups is 1. The maximum atomic E-state index is 12.3. The summed E-state index contributed by atoms with van der Waals surface area (Å²) in [5.74, 6) is -0.0716. The molecule has 1 saturated heterocycles. The highest BCUT2D eigenvalue weighted by Gasteiger charge is 2.35. The van der Waals surface area contributed by atoms with Gasteiger partial charge in [0, 0.05) is 23.8 Å². The van der Waals surface area contributed by atoms with Gasteiger partial charge in [-0.1, -0.05) is 34.1 Å². The van der Waals surface area contributed by atoms with Crippen molar-refractivity contribution in [2.24, 2.45) is 0 Å². The van der Waals surface area contributed by atoms with Gasteiger partial charge in [0.05, 0.1) is 5.88 Å². The molecule has 0 spiro atoms. The minimum absolute atomic E-state index is 0.252. The van der Waals surface area contributed by atoms with Gasteiger partial charge in [0.1, 0.15) is 6.04 Å². The van der Waals surface area contributed by atoms with Gasteiger partial charge in [0.2, 0.25) is 0 Å². The van der Waals surface area contributed by atoms with Crippen LogP contribution in [0.2, 0.25) is 0 Å². The van der Waals surface area contributed by atoms with Gasteiger partial charge in [-0.3, -0.25) is 0 Å². The molecule has 1 heterocycles. The summed E-state index contributed by atoms with van der Waals surface area (Å²) in [5.41, 5.74) is 0.988. The van der Waals surface area contributed by atoms with Crippen LogP contribution in [0.1, 0.15) is 5.56 Å². The van der Waals surface area contributed by atoms with Crippen molar-refractivity contribution >= 4 is 39.7 Å². The van der Waals surface area contributed by atoms with Gasteiger partial charge < -0.3 is 14.9 Å². The van der Waals surface area contributed by atoms with Crippen LogP contribution in [-0.2, 0) is 11.3 Å². The summed E-state index contributed by atoms with van der Waals surface area (Å²) in [6.07, 6.45) is 0. The molecule has 0 aliphatic carbocycles. The molecule has 0 saturated carbocycles. The monoisotopic (exact) mass is 358 g/mol. The Morgan fingerprint density at radius 2 is 2.20 bits per heavy atom. The summed E-state index contributed by atoms with van der Waals surface area (Å²) in [6.45, 7) is 0.438. The molecular weight excluding hydrogens is 344 g/mol. The van der Waals surface area contributed by atoms with E-state index in [1.165, 1.54) is 16.7 Å². The van der Waals surface area contributed by atoms with Crippen LogP contribution in [0.5, 0.6) is 0 Å². The second-order valence-electron chi connectivity index (χ2n) is 4.55. The molecular formula is C13H15BrN2O3S. The molecule has 2 amide bonds. The fraction of sp³-hybridized carbons (Fsp3) is 0.385. The van der Waals surface area contributed by atoms with Crippen molar-refractivity contribution in [1.82, 2.24) is 9.80 Å². The van der Waals surface area contributed by atoms with E-state index in [1.54, 1.807) is 11.9 Å². The van der Waals surface area contributed by atoms with Crippen LogP contribution in [0, 0.1) is 0 Å². The first-order chi connectivity index (χ1) is 9.50. The lowest BCUT2D eigenvalue weighted by Gasteiger charge is -2.27. The number of thioether (sulfide) groups is 1. The minimum atomic E-state index is -0.947. The predicted octanol–water partition coefficient (Wildman–Crippen LogP) is 2.46. The van der Waals surface area contributed by atoms with E-state index in [4.69, 9.17) is 5.11 Å². The Kier molecular flexibility index (Phi) is 4.93. The lowest BCUT2D eigenvalue weighted by atomic mass is 10.2. The zero-order valence-electron chi connectivity index (χ0n) is 11.0. The number of benzene rings is 1. The molecule has 1 unspecified atom stereocenters. The Morgan fingerprint density at radius 1 is 1.50 bits per heavy atom. The van der Waals surface area contributed by atoms with Gasteiger partial charge in [-0.25, -0.2) is 9.59 Å². The minimum Gasteiger partial charge on any atom is -0.480 e. The normalized spacial score (nSPS) is 18.1. The average molecular weight is 359 g/mol. The van der Waals surface area contributed by atoms with E-state index in [1.807, 2.05) is 24.3 Å². The number of nitrogens with zero attached hydrogens (tertiary/aromatic N) is 2. The summed E-state index contributed by atoms with van der Waals surface area (Å²) in [5, 5.41) is 9.11. The number of carbonyl (C=O) groups excluding carboxylic acids is 1. The molecule has 1 fully saturated rings. The van der Waals surface area contributed by atoms with E-state index >= 15 is 0 Å². The Labute approximate surface area is 130 Å². The maximum Gasteiger partial charge on any atom is 0.327 e. The van der Waals surface area contributed by atoms with Crippen LogP contribution in [0.4, 0.5) is 4.79 Å². The molecule has 1 aromatic rings. The van der Waals surface area contributed by atoms with Gasteiger partial charge in [-0.05, 0) is 11.6 Å². The first kappa shape index (κ1) is 15.2. The number of amides is 2. The first-order valence-corrected chi connectivity index (χ1v) is 8.01. The molecule has 1 aliphatic rings. The molecule has 1 aliphatic heterocycles. The van der Waals surface area contributed by atoms with Crippen molar-refractivity contribution in [3.63, 3.8) is 0 Å². The predicted molar refractivity (Wildman–Crippen MR) is 81.6 cm³/mol. The Morgan fingerprint density at radius 3 is 2.85 bits per heavy atom. The van der Waals surface area contributed by atoms with Crippen molar-refractivity contribution in [1.29, 1.82) is 0 Å². The number of hydrogen-bond acceptors (Lipinski definition) is 3. The second-order valence-corrected chi connectivity index (χ2v) is 6.41. The third kappa shape index (κ3) is 3.27. The number of halogens is 1. The maximum absolute atomic E-state index is 12.3. The zero-order valence-corrected chi connectivity index (χ0v) is 13.4. The van der Waals surface area contributed by atoms with E-state index in [0.29, 0.717) is 18.2 Å². The highest BCUT2D eigenvalue weighted by Crippen LogP contribution is 2.23. The second kappa shape index (κ2) is 6.49. The molecule has 20 heavy (non-hydrogen) atoms. The van der Waals surface area contributed by atoms with Crippen LogP contribution >= 0.6 is 27.7 Å². The van der Waals surface area contributed by atoms with Gasteiger partial charge in [-0.2, -0.15) is 0 Å². The average Bonchev–Trinajstić information content (AvgIpc) is 2.89. The lowest BCUT2D eigenvalue weighted by molar-refractivity contribution is -0.140. The summed E-state index contributed by atoms with van der Waals surface area (Å²) in [6, 6.07) is 6.69. The Hall–Kier alpha value is -1.21. The summed E-state index contributed by atoms with van der Waals surface area (Å²) < 4.78 is 0.935. The molecule has 5 nitrogen and oxygen atoms in total. The molecule has 1 atom stereocenters. The van der Waals surface area contributed by atoms with Gasteiger partial charge in [0.15, 0.2) is 0 Å². The fourth-order valence-corrected chi connectivity index (χ4v) is 3.55. The number of hydrogen-bond donors (Lipinski definition) is 1. The fourth-order valence-electron chi connectivity index (χ4n) is 2.00. The van der Waals surface area contributed by atoms with E-state index < -0.39 is 12.0 Å². The number of carbonyl (C=O) groups is 2. The molecule has 7 heteroatoms. The summed E-state index contributed by atoms with van der Waals surface area (Å²) in [4.78, 5) is 26.4. The highest BCUT2D eigenvalue weighted by molar-refractivity contribution is 9.10. The summed E-state index contributed by atoms with van der Waals surface area (Å²) in [7, 11) is 1.68. The van der Waals surface area contributed by atoms with Crippen molar-refractivity contribution < 1.29 is 14.7 Å². The molecule has 0 aromatic heterocycles. The van der Waals surface area contributed by atoms with Crippen molar-refractivity contribution in [2.75, 3.05) is 18.7 Å². The zero-order chi connectivity index (χ0) is 14.7. The van der Waals surface area contributed by atoms with Crippen LogP contribution in [0.25, 0.3) is 0 Å². The van der Waals surface area contributed by atoms with E-state index in [-0.39, 0.29) is 6.03 Å². The number of carboxylic acids is 1. The quantitative estimate of drug-likeness (QED) is 0.901. The largest absolute Gasteiger partial charge is 0.480 e. The summed E-state index contributed by atoms with van der Waals surface area (Å²) >= 11 is 4.90. The molecule has 0 bridgehead atoms. The molecule has 0 radical (unpaired) electrons. The Balaban J connectivity index is 2.05. The van der Waals surface area contributed by atoms with Crippen molar-refractivity contribution in [3.05, 3.63) is 34.3 Å². The van der Waals surface area contributed by atoms with Crippen LogP contribution in [0.3, 0.4) is 0 Å². The number of aliphatic carboxylic acids is 1. The highest BCUT2D eigenvalue weighted by atomic mass is 79.9. The van der Waals surface area contributed by atoms with Crippen LogP contribution in [0.15, 0.2) is 28.7 Å². The van der Waals surface area contributed by atoms with Gasteiger partial charge in [0.25, 0.3) is 0 Å². The number of rotatable bonds is 3. The van der Waals surface area contributed by atoms with E-state index in [9.17, 15) is 9.59 Å². The van der Waals surface area contributed by atoms with E-state index in [0.717, 1.165) is 10.0 Å². The SMILES string of the molecule is CN(Cc1ccccc1Br)C(=O)N1CSCC1C(=O)O. The van der Waals surface area contributed by atoms with Gasteiger partial charge in [-0.15, -0.1) is 11.8 Å². The molecule has 2 rings (SSSR count). The topological polar surface area (TPSA) is 60.9 Å². The third-order valence-electron chi connectivity index (χ3n) is 3.10. The molecule has 1 aromatic carbocycles. The third-order valence-corrected chi connectivity index (χ3v) is 4.89. The smallest absolute Gasteiger partial charge is 0.327 e. The van der Waals surface area contributed by atoms with Crippen LogP contribution < -0.4 is 0 Å². The lowest BCUT2D eigenvalue weighted by Crippen LogP contribution is -2.47. The molecule has 108 valence electrons. The van der Waals surface area contributed by atoms with Crippen molar-refractivity contribution in [3.8, 4) is 0 Å². The van der Waals surface area contributed by atoms with E-state index in [2.05, 4.69) is 15.9 Å². The molecule has 1 N–H and O–H groups in total. The van der Waals surface area contributed by atoms with Crippen LogP contribution in [-0.4, -0.2) is 51.6 Å². The Bertz CT molecular complexity index is 526. The first-order valence-electron chi connectivity index (χ1n) is 6.06. The van der Waals surface area contributed by atoms with Crippen molar-refractivity contribution in [2.45, 2.75) is 12.6 Å². The standard InChI is InChI=1S/C13H15BrN2O3S/c1-15(6-9-4-2-3-5-10(9)14)13(19)16-8-20-7-11(16)12(17)18/h2-5,11H,6-8H2,1H3,(H,17,18). The number of carboxylic acid groups (broad SMARTS) is 1. The van der Waals surface area contributed by atoms with Gasteiger partial charge >= 0.3 is 12.0 Å².